The van der Waals surface area contributed by atoms with Crippen molar-refractivity contribution in [3.05, 3.63) is 46.1 Å². The van der Waals surface area contributed by atoms with Gasteiger partial charge in [-0.1, -0.05) is 0 Å². The van der Waals surface area contributed by atoms with Crippen LogP contribution in [-0.4, -0.2) is 43.9 Å². The summed E-state index contributed by atoms with van der Waals surface area (Å²) in [5.74, 6) is 0.838. The molecule has 0 aromatic heterocycles. The van der Waals surface area contributed by atoms with Gasteiger partial charge in [0.2, 0.25) is 5.36 Å². The van der Waals surface area contributed by atoms with Gasteiger partial charge in [-0.3, -0.25) is 4.55 Å². The molecule has 1 unspecified atom stereocenters. The lowest BCUT2D eigenvalue weighted by atomic mass is 9.79. The Balaban J connectivity index is 1.69. The first-order chi connectivity index (χ1) is 15.6. The van der Waals surface area contributed by atoms with Crippen molar-refractivity contribution in [1.82, 2.24) is 4.58 Å². The zero-order valence-electron chi connectivity index (χ0n) is 19.8. The molecule has 1 N–H and O–H groups in total. The fourth-order valence-electron chi connectivity index (χ4n) is 5.88. The molecule has 0 aliphatic carbocycles. The van der Waals surface area contributed by atoms with Gasteiger partial charge >= 0.3 is 0 Å². The van der Waals surface area contributed by atoms with Crippen LogP contribution in [0.5, 0.6) is 11.5 Å². The van der Waals surface area contributed by atoms with Gasteiger partial charge in [-0.2, -0.15) is 8.42 Å². The van der Waals surface area contributed by atoms with Crippen LogP contribution in [0.3, 0.4) is 0 Å². The van der Waals surface area contributed by atoms with Gasteiger partial charge in [0.05, 0.1) is 11.8 Å². The van der Waals surface area contributed by atoms with Crippen molar-refractivity contribution >= 4 is 21.5 Å². The van der Waals surface area contributed by atoms with Crippen LogP contribution in [0.2, 0.25) is 0 Å². The summed E-state index contributed by atoms with van der Waals surface area (Å²) in [7, 11) is -4.11. The van der Waals surface area contributed by atoms with Crippen LogP contribution in [0.1, 0.15) is 57.6 Å². The van der Waals surface area contributed by atoms with Crippen molar-refractivity contribution in [2.75, 3.05) is 30.3 Å². The summed E-state index contributed by atoms with van der Waals surface area (Å²) in [4.78, 5) is 7.21. The molecule has 0 radical (unpaired) electrons. The highest BCUT2D eigenvalue weighted by Crippen LogP contribution is 2.49. The van der Waals surface area contributed by atoms with E-state index in [1.54, 1.807) is 0 Å². The quantitative estimate of drug-likeness (QED) is 0.468. The minimum absolute atomic E-state index is 0.254. The van der Waals surface area contributed by atoms with Crippen molar-refractivity contribution in [2.24, 2.45) is 4.99 Å². The molecule has 0 saturated heterocycles. The number of rotatable bonds is 4. The number of fused-ring (bicyclic) bond motifs is 4. The summed E-state index contributed by atoms with van der Waals surface area (Å²) in [6.45, 7) is 11.3. The van der Waals surface area contributed by atoms with E-state index >= 15 is 0 Å². The Kier molecular flexibility index (Phi) is 5.29. The molecule has 8 heteroatoms. The van der Waals surface area contributed by atoms with Gasteiger partial charge in [0.15, 0.2) is 11.5 Å². The van der Waals surface area contributed by atoms with Gasteiger partial charge in [0, 0.05) is 41.7 Å². The molecule has 0 saturated carbocycles. The fourth-order valence-corrected chi connectivity index (χ4v) is 6.68. The summed E-state index contributed by atoms with van der Waals surface area (Å²) >= 11 is 0. The van der Waals surface area contributed by atoms with Crippen LogP contribution >= 0.6 is 0 Å². The first kappa shape index (κ1) is 22.3. The van der Waals surface area contributed by atoms with Crippen LogP contribution in [0, 0.1) is 0 Å². The lowest BCUT2D eigenvalue weighted by Crippen LogP contribution is -2.49. The van der Waals surface area contributed by atoms with Crippen molar-refractivity contribution in [1.29, 1.82) is 0 Å². The van der Waals surface area contributed by atoms with Crippen molar-refractivity contribution < 1.29 is 17.7 Å². The van der Waals surface area contributed by atoms with Crippen LogP contribution < -0.4 is 24.9 Å². The summed E-state index contributed by atoms with van der Waals surface area (Å²) in [5, 5.41) is 2.04. The monoisotopic (exact) mass is 470 g/mol. The maximum Gasteiger partial charge on any atom is 0.265 e. The average molecular weight is 471 g/mol. The molecule has 3 aliphatic heterocycles. The third-order valence-corrected chi connectivity index (χ3v) is 8.08. The van der Waals surface area contributed by atoms with E-state index in [9.17, 15) is 13.0 Å². The van der Waals surface area contributed by atoms with E-state index in [0.717, 1.165) is 54.8 Å². The molecule has 1 atom stereocenters. The maximum atomic E-state index is 11.8. The third kappa shape index (κ3) is 3.93. The van der Waals surface area contributed by atoms with Crippen LogP contribution in [0.15, 0.2) is 29.3 Å². The first-order valence-corrected chi connectivity index (χ1v) is 13.4. The lowest BCUT2D eigenvalue weighted by molar-refractivity contribution is 0.375. The number of anilines is 1. The zero-order chi connectivity index (χ0) is 23.5. The van der Waals surface area contributed by atoms with Crippen molar-refractivity contribution in [3.63, 3.8) is 0 Å². The van der Waals surface area contributed by atoms with E-state index in [4.69, 9.17) is 9.73 Å². The SMILES string of the molecule is CCN1c2cc3c(cc2C(CS(=O)(=O)O)CC1(C)C)N=c1cc2c(cc1O3)=[N+](CC)CCC2. The number of benzene rings is 2. The molecule has 0 amide bonds. The van der Waals surface area contributed by atoms with Gasteiger partial charge in [-0.05, 0) is 58.2 Å². The van der Waals surface area contributed by atoms with Crippen molar-refractivity contribution in [3.8, 4) is 11.5 Å². The Bertz CT molecular complexity index is 1360. The summed E-state index contributed by atoms with van der Waals surface area (Å²) in [6, 6.07) is 8.20. The Morgan fingerprint density at radius 1 is 1.21 bits per heavy atom. The number of ether oxygens (including phenoxy) is 1. The molecule has 3 aliphatic rings. The van der Waals surface area contributed by atoms with Crippen LogP contribution in [0.4, 0.5) is 11.4 Å². The molecule has 0 spiro atoms. The molecule has 5 rings (SSSR count). The maximum absolute atomic E-state index is 11.8. The number of nitrogens with zero attached hydrogens (tertiary/aromatic N) is 3. The summed E-state index contributed by atoms with van der Waals surface area (Å²) in [6.07, 6.45) is 2.79. The molecule has 2 aromatic carbocycles. The van der Waals surface area contributed by atoms with Gasteiger partial charge in [-0.25, -0.2) is 9.57 Å². The molecule has 0 bridgehead atoms. The van der Waals surface area contributed by atoms with E-state index in [2.05, 4.69) is 49.3 Å². The van der Waals surface area contributed by atoms with Crippen LogP contribution in [-0.2, 0) is 16.5 Å². The van der Waals surface area contributed by atoms with Crippen LogP contribution in [0.25, 0.3) is 0 Å². The van der Waals surface area contributed by atoms with Gasteiger partial charge < -0.3 is 9.64 Å². The smallest absolute Gasteiger partial charge is 0.265 e. The highest BCUT2D eigenvalue weighted by atomic mass is 32.2. The molecule has 3 heterocycles. The molecular formula is C25H32N3O4S+. The minimum Gasteiger partial charge on any atom is -0.452 e. The normalized spacial score (nSPS) is 20.7. The summed E-state index contributed by atoms with van der Waals surface area (Å²) < 4.78 is 42.0. The molecule has 2 aromatic rings. The Labute approximate surface area is 195 Å². The number of hydrogen-bond acceptors (Lipinski definition) is 5. The van der Waals surface area contributed by atoms with Gasteiger partial charge in [0.25, 0.3) is 10.1 Å². The van der Waals surface area contributed by atoms with E-state index < -0.39 is 10.1 Å². The van der Waals surface area contributed by atoms with Gasteiger partial charge in [-0.15, -0.1) is 0 Å². The molecule has 176 valence electrons. The molecule has 7 nitrogen and oxygen atoms in total. The standard InChI is InChI=1S/C25H31N3O4S/c1-5-27-9-7-8-16-10-19-23(12-21(16)27)32-24-13-22-18(11-20(24)26-19)17(15-33(29,30)31)14-25(3,4)28(22)6-2/h10-13,17H,5-9,14-15H2,1-4H3/p+1. The second kappa shape index (κ2) is 7.81. The topological polar surface area (TPSA) is 82.2 Å². The fraction of sp³-hybridized carbons (Fsp3) is 0.520. The summed E-state index contributed by atoms with van der Waals surface area (Å²) in [5.41, 5.74) is 3.60. The van der Waals surface area contributed by atoms with E-state index in [1.165, 1.54) is 10.9 Å². The molecular weight excluding hydrogens is 438 g/mol. The second-order valence-electron chi connectivity index (χ2n) is 9.93. The Morgan fingerprint density at radius 2 is 2.00 bits per heavy atom. The highest BCUT2D eigenvalue weighted by Gasteiger charge is 2.40. The van der Waals surface area contributed by atoms with E-state index in [1.807, 2.05) is 12.1 Å². The average Bonchev–Trinajstić information content (AvgIpc) is 2.73. The molecule has 0 fully saturated rings. The molecule has 33 heavy (non-hydrogen) atoms. The number of hydrogen-bond donors (Lipinski definition) is 1. The predicted octanol–water partition coefficient (Wildman–Crippen LogP) is 3.18. The first-order valence-electron chi connectivity index (χ1n) is 11.8. The highest BCUT2D eigenvalue weighted by molar-refractivity contribution is 7.85. The Morgan fingerprint density at radius 3 is 2.70 bits per heavy atom. The number of aryl methyl sites for hydroxylation is 1. The predicted molar refractivity (Wildman–Crippen MR) is 129 cm³/mol. The van der Waals surface area contributed by atoms with Gasteiger partial charge in [0.1, 0.15) is 24.1 Å². The van der Waals surface area contributed by atoms with E-state index in [-0.39, 0.29) is 17.2 Å². The third-order valence-electron chi connectivity index (χ3n) is 7.26. The zero-order valence-corrected chi connectivity index (χ0v) is 20.6. The minimum atomic E-state index is -4.11. The van der Waals surface area contributed by atoms with Crippen molar-refractivity contribution in [2.45, 2.75) is 58.4 Å². The second-order valence-corrected chi connectivity index (χ2v) is 11.4. The van der Waals surface area contributed by atoms with E-state index in [0.29, 0.717) is 17.9 Å². The Hall–Kier alpha value is -2.45. The largest absolute Gasteiger partial charge is 0.452 e. The lowest BCUT2D eigenvalue weighted by Gasteiger charge is -2.47.